The Morgan fingerprint density at radius 1 is 1.25 bits per heavy atom. The molecule has 1 aliphatic rings. The average Bonchev–Trinajstić information content (AvgIpc) is 3.08. The Morgan fingerprint density at radius 2 is 2.00 bits per heavy atom. The minimum atomic E-state index is -0.348. The van der Waals surface area contributed by atoms with Gasteiger partial charge in [0.15, 0.2) is 5.13 Å². The molecule has 24 heavy (non-hydrogen) atoms. The molecule has 0 aliphatic carbocycles. The molecule has 3 amide bonds. The fourth-order valence-corrected chi connectivity index (χ4v) is 3.19. The molecule has 0 saturated carbocycles. The number of hydrogen-bond donors (Lipinski definition) is 1. The molecule has 0 fully saturated rings. The lowest BCUT2D eigenvalue weighted by molar-refractivity contribution is 0.0652. The maximum Gasteiger partial charge on any atom is 0.261 e. The molecule has 1 N–H and O–H groups in total. The quantitative estimate of drug-likeness (QED) is 0.846. The third-order valence-corrected chi connectivity index (χ3v) is 4.64. The Labute approximate surface area is 143 Å². The van der Waals surface area contributed by atoms with Crippen LogP contribution in [0.4, 0.5) is 5.13 Å². The molecule has 3 rings (SSSR count). The number of thiazole rings is 1. The highest BCUT2D eigenvalue weighted by molar-refractivity contribution is 7.15. The van der Waals surface area contributed by atoms with Gasteiger partial charge in [-0.15, -0.1) is 11.3 Å². The van der Waals surface area contributed by atoms with Gasteiger partial charge in [-0.3, -0.25) is 24.6 Å². The van der Waals surface area contributed by atoms with Crippen molar-refractivity contribution in [2.24, 2.45) is 0 Å². The van der Waals surface area contributed by atoms with Gasteiger partial charge in [-0.2, -0.15) is 0 Å². The predicted octanol–water partition coefficient (Wildman–Crippen LogP) is 3.10. The number of fused-ring (bicyclic) bond motifs is 1. The first-order chi connectivity index (χ1) is 11.5. The summed E-state index contributed by atoms with van der Waals surface area (Å²) in [6, 6.07) is 4.59. The van der Waals surface area contributed by atoms with Crippen LogP contribution >= 0.6 is 11.3 Å². The van der Waals surface area contributed by atoms with Crippen molar-refractivity contribution in [2.75, 3.05) is 11.9 Å². The summed E-state index contributed by atoms with van der Waals surface area (Å²) in [6.07, 6.45) is 3.34. The normalized spacial score (nSPS) is 13.3. The van der Waals surface area contributed by atoms with Gasteiger partial charge in [-0.25, -0.2) is 4.98 Å². The Balaban J connectivity index is 1.82. The van der Waals surface area contributed by atoms with E-state index in [2.05, 4.69) is 10.3 Å². The highest BCUT2D eigenvalue weighted by atomic mass is 32.1. The SMILES string of the molecule is CCCCN1C(=O)c2ccc(C(=O)Nc3ncc(C)s3)cc2C1=O. The number of anilines is 1. The summed E-state index contributed by atoms with van der Waals surface area (Å²) < 4.78 is 0. The summed E-state index contributed by atoms with van der Waals surface area (Å²) in [6.45, 7) is 4.31. The van der Waals surface area contributed by atoms with E-state index < -0.39 is 0 Å². The molecule has 0 saturated heterocycles. The summed E-state index contributed by atoms with van der Waals surface area (Å²) in [4.78, 5) is 43.3. The summed E-state index contributed by atoms with van der Waals surface area (Å²) in [5.41, 5.74) is 0.983. The van der Waals surface area contributed by atoms with Crippen LogP contribution in [0.1, 0.15) is 55.7 Å². The fourth-order valence-electron chi connectivity index (χ4n) is 2.53. The van der Waals surface area contributed by atoms with E-state index in [0.717, 1.165) is 17.7 Å². The third kappa shape index (κ3) is 2.94. The zero-order valence-electron chi connectivity index (χ0n) is 13.5. The van der Waals surface area contributed by atoms with E-state index in [-0.39, 0.29) is 17.7 Å². The molecule has 0 radical (unpaired) electrons. The maximum absolute atomic E-state index is 12.4. The highest BCUT2D eigenvalue weighted by Crippen LogP contribution is 2.25. The highest BCUT2D eigenvalue weighted by Gasteiger charge is 2.35. The van der Waals surface area contributed by atoms with Crippen LogP contribution in [0, 0.1) is 6.92 Å². The van der Waals surface area contributed by atoms with Crippen molar-refractivity contribution in [3.8, 4) is 0 Å². The van der Waals surface area contributed by atoms with E-state index in [9.17, 15) is 14.4 Å². The zero-order valence-corrected chi connectivity index (χ0v) is 14.3. The van der Waals surface area contributed by atoms with Crippen molar-refractivity contribution >= 4 is 34.2 Å². The smallest absolute Gasteiger partial charge is 0.261 e. The van der Waals surface area contributed by atoms with Crippen molar-refractivity contribution in [1.82, 2.24) is 9.88 Å². The van der Waals surface area contributed by atoms with Crippen LogP contribution in [0.15, 0.2) is 24.4 Å². The second-order valence-electron chi connectivity index (χ2n) is 5.61. The van der Waals surface area contributed by atoms with Gasteiger partial charge in [0.25, 0.3) is 17.7 Å². The molecule has 1 aromatic carbocycles. The van der Waals surface area contributed by atoms with Crippen LogP contribution in [0.3, 0.4) is 0 Å². The third-order valence-electron chi connectivity index (χ3n) is 3.81. The molecule has 2 heterocycles. The summed E-state index contributed by atoms with van der Waals surface area (Å²) in [7, 11) is 0. The van der Waals surface area contributed by atoms with E-state index in [1.54, 1.807) is 18.3 Å². The molecule has 0 unspecified atom stereocenters. The summed E-state index contributed by atoms with van der Waals surface area (Å²) >= 11 is 1.37. The zero-order chi connectivity index (χ0) is 17.3. The molecule has 7 heteroatoms. The van der Waals surface area contributed by atoms with E-state index in [0.29, 0.717) is 28.4 Å². The van der Waals surface area contributed by atoms with Gasteiger partial charge in [0.1, 0.15) is 0 Å². The van der Waals surface area contributed by atoms with Crippen molar-refractivity contribution in [2.45, 2.75) is 26.7 Å². The lowest BCUT2D eigenvalue weighted by atomic mass is 10.1. The molecule has 0 spiro atoms. The van der Waals surface area contributed by atoms with E-state index in [4.69, 9.17) is 0 Å². The van der Waals surface area contributed by atoms with Crippen molar-refractivity contribution in [3.05, 3.63) is 46.0 Å². The number of aromatic nitrogens is 1. The second-order valence-corrected chi connectivity index (χ2v) is 6.84. The lowest BCUT2D eigenvalue weighted by Gasteiger charge is -2.12. The maximum atomic E-state index is 12.4. The number of carbonyl (C=O) groups excluding carboxylic acids is 3. The summed E-state index contributed by atoms with van der Waals surface area (Å²) in [5.74, 6) is -0.964. The molecule has 0 atom stereocenters. The van der Waals surface area contributed by atoms with Gasteiger partial charge in [0.05, 0.1) is 11.1 Å². The van der Waals surface area contributed by atoms with Crippen molar-refractivity contribution in [1.29, 1.82) is 0 Å². The van der Waals surface area contributed by atoms with Gasteiger partial charge in [-0.05, 0) is 31.5 Å². The number of hydrogen-bond acceptors (Lipinski definition) is 5. The number of rotatable bonds is 5. The number of unbranched alkanes of at least 4 members (excludes halogenated alkanes) is 1. The second kappa shape index (κ2) is 6.52. The van der Waals surface area contributed by atoms with Crippen LogP contribution < -0.4 is 5.32 Å². The number of benzene rings is 1. The predicted molar refractivity (Wildman–Crippen MR) is 91.5 cm³/mol. The monoisotopic (exact) mass is 343 g/mol. The van der Waals surface area contributed by atoms with Crippen molar-refractivity contribution in [3.63, 3.8) is 0 Å². The molecular weight excluding hydrogens is 326 g/mol. The Bertz CT molecular complexity index is 828. The lowest BCUT2D eigenvalue weighted by Crippen LogP contribution is -2.30. The molecule has 6 nitrogen and oxygen atoms in total. The first-order valence-corrected chi connectivity index (χ1v) is 8.57. The Kier molecular flexibility index (Phi) is 4.44. The summed E-state index contributed by atoms with van der Waals surface area (Å²) in [5, 5.41) is 3.21. The largest absolute Gasteiger partial charge is 0.298 e. The van der Waals surface area contributed by atoms with Crippen LogP contribution in [0.25, 0.3) is 0 Å². The first kappa shape index (κ1) is 16.3. The van der Waals surface area contributed by atoms with Crippen LogP contribution in [0.2, 0.25) is 0 Å². The van der Waals surface area contributed by atoms with E-state index in [1.807, 2.05) is 13.8 Å². The standard InChI is InChI=1S/C17H17N3O3S/c1-3-4-7-20-15(22)12-6-5-11(8-13(12)16(20)23)14(21)19-17-18-9-10(2)24-17/h5-6,8-9H,3-4,7H2,1-2H3,(H,18,19,21). The van der Waals surface area contributed by atoms with E-state index in [1.165, 1.54) is 22.3 Å². The molecule has 0 bridgehead atoms. The molecule has 1 aliphatic heterocycles. The number of aryl methyl sites for hydroxylation is 1. The van der Waals surface area contributed by atoms with Gasteiger partial charge in [0.2, 0.25) is 0 Å². The van der Waals surface area contributed by atoms with E-state index >= 15 is 0 Å². The van der Waals surface area contributed by atoms with Crippen molar-refractivity contribution < 1.29 is 14.4 Å². The average molecular weight is 343 g/mol. The number of nitrogens with zero attached hydrogens (tertiary/aromatic N) is 2. The van der Waals surface area contributed by atoms with Gasteiger partial charge >= 0.3 is 0 Å². The molecule has 124 valence electrons. The minimum Gasteiger partial charge on any atom is -0.298 e. The molecule has 1 aromatic heterocycles. The number of imide groups is 1. The van der Waals surface area contributed by atoms with Crippen LogP contribution in [-0.2, 0) is 0 Å². The van der Waals surface area contributed by atoms with Crippen LogP contribution in [0.5, 0.6) is 0 Å². The number of amides is 3. The van der Waals surface area contributed by atoms with Gasteiger partial charge < -0.3 is 0 Å². The number of carbonyl (C=O) groups is 3. The Morgan fingerprint density at radius 3 is 2.67 bits per heavy atom. The Hall–Kier alpha value is -2.54. The number of nitrogens with one attached hydrogen (secondary N) is 1. The van der Waals surface area contributed by atoms with Gasteiger partial charge in [-0.1, -0.05) is 13.3 Å². The molecule has 2 aromatic rings. The first-order valence-electron chi connectivity index (χ1n) is 7.75. The topological polar surface area (TPSA) is 79.4 Å². The molecular formula is C17H17N3O3S. The minimum absolute atomic E-state index is 0.286. The fraction of sp³-hybridized carbons (Fsp3) is 0.294. The van der Waals surface area contributed by atoms with Crippen LogP contribution in [-0.4, -0.2) is 34.2 Å². The van der Waals surface area contributed by atoms with Gasteiger partial charge in [0, 0.05) is 23.2 Å².